The van der Waals surface area contributed by atoms with Gasteiger partial charge in [-0.3, -0.25) is 4.79 Å². The molecule has 0 saturated heterocycles. The Labute approximate surface area is 119 Å². The topological polar surface area (TPSA) is 84.5 Å². The Balaban J connectivity index is 2.37. The lowest BCUT2D eigenvalue weighted by Gasteiger charge is -2.08. The van der Waals surface area contributed by atoms with Crippen LogP contribution in [0, 0.1) is 6.92 Å². The van der Waals surface area contributed by atoms with Gasteiger partial charge in [0.25, 0.3) is 0 Å². The van der Waals surface area contributed by atoms with Gasteiger partial charge in [0.2, 0.25) is 15.9 Å². The van der Waals surface area contributed by atoms with Crippen molar-refractivity contribution >= 4 is 15.9 Å². The number of carbonyl (C=O) groups excluding carboxylic acids is 1. The number of nitrogens with one attached hydrogen (secondary N) is 2. The molecular weight excluding hydrogens is 280 g/mol. The molecule has 2 N–H and O–H groups in total. The minimum absolute atomic E-state index is 0.148. The van der Waals surface area contributed by atoms with E-state index in [0.717, 1.165) is 5.56 Å². The van der Waals surface area contributed by atoms with Crippen LogP contribution in [0.2, 0.25) is 0 Å². The first-order valence-corrected chi connectivity index (χ1v) is 7.76. The van der Waals surface area contributed by atoms with E-state index in [1.807, 2.05) is 6.92 Å². The second-order valence-electron chi connectivity index (χ2n) is 4.30. The molecule has 1 aromatic rings. The molecule has 7 heteroatoms. The van der Waals surface area contributed by atoms with Crippen molar-refractivity contribution in [1.29, 1.82) is 0 Å². The summed E-state index contributed by atoms with van der Waals surface area (Å²) in [5, 5.41) is 2.60. The van der Waals surface area contributed by atoms with Gasteiger partial charge >= 0.3 is 0 Å². The molecule has 0 atom stereocenters. The van der Waals surface area contributed by atoms with E-state index >= 15 is 0 Å². The lowest BCUT2D eigenvalue weighted by Crippen LogP contribution is -2.35. The van der Waals surface area contributed by atoms with Crippen molar-refractivity contribution in [2.45, 2.75) is 18.2 Å². The van der Waals surface area contributed by atoms with Gasteiger partial charge in [-0.2, -0.15) is 0 Å². The number of hydrogen-bond acceptors (Lipinski definition) is 4. The van der Waals surface area contributed by atoms with Gasteiger partial charge in [0.05, 0.1) is 11.5 Å². The smallest absolute Gasteiger partial charge is 0.240 e. The van der Waals surface area contributed by atoms with Crippen LogP contribution in [0.3, 0.4) is 0 Å². The van der Waals surface area contributed by atoms with E-state index in [1.165, 1.54) is 7.11 Å². The van der Waals surface area contributed by atoms with Crippen LogP contribution in [0.5, 0.6) is 0 Å². The standard InChI is InChI=1S/C13H20N2O4S/c1-11-3-5-12(6-4-11)20(17,18)15-9-8-14-13(16)7-10-19-2/h3-6,15H,7-10H2,1-2H3,(H,14,16). The van der Waals surface area contributed by atoms with Crippen LogP contribution in [0.25, 0.3) is 0 Å². The lowest BCUT2D eigenvalue weighted by atomic mass is 10.2. The molecule has 0 fully saturated rings. The Kier molecular flexibility index (Phi) is 6.63. The molecule has 112 valence electrons. The van der Waals surface area contributed by atoms with Crippen LogP contribution in [-0.4, -0.2) is 41.1 Å². The van der Waals surface area contributed by atoms with Gasteiger partial charge < -0.3 is 10.1 Å². The SMILES string of the molecule is COCCC(=O)NCCNS(=O)(=O)c1ccc(C)cc1. The van der Waals surface area contributed by atoms with Crippen molar-refractivity contribution < 1.29 is 17.9 Å². The molecular formula is C13H20N2O4S. The minimum atomic E-state index is -3.52. The second-order valence-corrected chi connectivity index (χ2v) is 6.07. The zero-order valence-electron chi connectivity index (χ0n) is 11.7. The molecule has 0 aliphatic rings. The summed E-state index contributed by atoms with van der Waals surface area (Å²) in [6.45, 7) is 2.63. The Hall–Kier alpha value is -1.44. The number of methoxy groups -OCH3 is 1. The number of aryl methyl sites for hydroxylation is 1. The van der Waals surface area contributed by atoms with Crippen LogP contribution in [-0.2, 0) is 19.6 Å². The Morgan fingerprint density at radius 2 is 1.85 bits per heavy atom. The lowest BCUT2D eigenvalue weighted by molar-refractivity contribution is -0.121. The average Bonchev–Trinajstić information content (AvgIpc) is 2.42. The third-order valence-electron chi connectivity index (χ3n) is 2.60. The van der Waals surface area contributed by atoms with E-state index < -0.39 is 10.0 Å². The van der Waals surface area contributed by atoms with Gasteiger partial charge in [-0.25, -0.2) is 13.1 Å². The van der Waals surface area contributed by atoms with Gasteiger partial charge in [-0.1, -0.05) is 17.7 Å². The summed E-state index contributed by atoms with van der Waals surface area (Å²) in [6, 6.07) is 6.58. The predicted octanol–water partition coefficient (Wildman–Crippen LogP) is 0.426. The van der Waals surface area contributed by atoms with Crippen molar-refractivity contribution in [2.24, 2.45) is 0 Å². The average molecular weight is 300 g/mol. The zero-order chi connectivity index (χ0) is 15.0. The first-order chi connectivity index (χ1) is 9.45. The maximum absolute atomic E-state index is 11.9. The fourth-order valence-electron chi connectivity index (χ4n) is 1.47. The molecule has 0 heterocycles. The summed E-state index contributed by atoms with van der Waals surface area (Å²) in [6.07, 6.45) is 0.265. The fourth-order valence-corrected chi connectivity index (χ4v) is 2.50. The summed E-state index contributed by atoms with van der Waals surface area (Å²) in [5.74, 6) is -0.165. The molecule has 0 radical (unpaired) electrons. The molecule has 0 aliphatic heterocycles. The normalized spacial score (nSPS) is 11.3. The van der Waals surface area contributed by atoms with Gasteiger partial charge in [0, 0.05) is 26.6 Å². The Morgan fingerprint density at radius 1 is 1.20 bits per heavy atom. The van der Waals surface area contributed by atoms with Gasteiger partial charge in [0.1, 0.15) is 0 Å². The highest BCUT2D eigenvalue weighted by Gasteiger charge is 2.12. The molecule has 6 nitrogen and oxygen atoms in total. The summed E-state index contributed by atoms with van der Waals surface area (Å²) < 4.78 is 31.0. The molecule has 0 unspecified atom stereocenters. The van der Waals surface area contributed by atoms with Gasteiger partial charge in [-0.05, 0) is 19.1 Å². The van der Waals surface area contributed by atoms with E-state index in [9.17, 15) is 13.2 Å². The van der Waals surface area contributed by atoms with E-state index in [-0.39, 0.29) is 30.3 Å². The predicted molar refractivity (Wildman–Crippen MR) is 75.9 cm³/mol. The van der Waals surface area contributed by atoms with Crippen LogP contribution in [0.4, 0.5) is 0 Å². The maximum atomic E-state index is 11.9. The van der Waals surface area contributed by atoms with Crippen molar-refractivity contribution in [3.63, 3.8) is 0 Å². The van der Waals surface area contributed by atoms with Crippen LogP contribution in [0.15, 0.2) is 29.2 Å². The van der Waals surface area contributed by atoms with Crippen molar-refractivity contribution in [1.82, 2.24) is 10.0 Å². The largest absolute Gasteiger partial charge is 0.384 e. The molecule has 1 amide bonds. The van der Waals surface area contributed by atoms with Crippen molar-refractivity contribution in [3.05, 3.63) is 29.8 Å². The molecule has 0 saturated carbocycles. The quantitative estimate of drug-likeness (QED) is 0.682. The Bertz CT molecular complexity index is 526. The number of sulfonamides is 1. The monoisotopic (exact) mass is 300 g/mol. The fraction of sp³-hybridized carbons (Fsp3) is 0.462. The van der Waals surface area contributed by atoms with Gasteiger partial charge in [0.15, 0.2) is 0 Å². The van der Waals surface area contributed by atoms with E-state index in [0.29, 0.717) is 6.61 Å². The second kappa shape index (κ2) is 7.98. The molecule has 1 rings (SSSR count). The first-order valence-electron chi connectivity index (χ1n) is 6.27. The summed E-state index contributed by atoms with van der Waals surface area (Å²) in [7, 11) is -2.00. The molecule has 0 spiro atoms. The summed E-state index contributed by atoms with van der Waals surface area (Å²) in [5.41, 5.74) is 0.995. The van der Waals surface area contributed by atoms with E-state index in [1.54, 1.807) is 24.3 Å². The third kappa shape index (κ3) is 5.68. The number of ether oxygens (including phenoxy) is 1. The maximum Gasteiger partial charge on any atom is 0.240 e. The summed E-state index contributed by atoms with van der Waals surface area (Å²) >= 11 is 0. The van der Waals surface area contributed by atoms with E-state index in [2.05, 4.69) is 10.0 Å². The number of carbonyl (C=O) groups is 1. The molecule has 0 aromatic heterocycles. The minimum Gasteiger partial charge on any atom is -0.384 e. The van der Waals surface area contributed by atoms with Crippen molar-refractivity contribution in [3.8, 4) is 0 Å². The first kappa shape index (κ1) is 16.6. The molecule has 0 bridgehead atoms. The van der Waals surface area contributed by atoms with Crippen molar-refractivity contribution in [2.75, 3.05) is 26.8 Å². The number of hydrogen-bond donors (Lipinski definition) is 2. The van der Waals surface area contributed by atoms with Crippen LogP contribution in [0.1, 0.15) is 12.0 Å². The third-order valence-corrected chi connectivity index (χ3v) is 4.08. The summed E-state index contributed by atoms with van der Waals surface area (Å²) in [4.78, 5) is 11.5. The van der Waals surface area contributed by atoms with Gasteiger partial charge in [-0.15, -0.1) is 0 Å². The molecule has 0 aliphatic carbocycles. The molecule has 20 heavy (non-hydrogen) atoms. The zero-order valence-corrected chi connectivity index (χ0v) is 12.5. The van der Waals surface area contributed by atoms with Crippen LogP contribution >= 0.6 is 0 Å². The Morgan fingerprint density at radius 3 is 2.45 bits per heavy atom. The highest BCUT2D eigenvalue weighted by atomic mass is 32.2. The molecule has 1 aromatic carbocycles. The highest BCUT2D eigenvalue weighted by molar-refractivity contribution is 7.89. The van der Waals surface area contributed by atoms with Crippen LogP contribution < -0.4 is 10.0 Å². The highest BCUT2D eigenvalue weighted by Crippen LogP contribution is 2.09. The number of rotatable bonds is 8. The number of benzene rings is 1. The number of amides is 1. The van der Waals surface area contributed by atoms with E-state index in [4.69, 9.17) is 4.74 Å².